The number of tetrazole rings is 1. The van der Waals surface area contributed by atoms with Gasteiger partial charge in [-0.25, -0.2) is 8.78 Å². The van der Waals surface area contributed by atoms with Gasteiger partial charge in [-0.15, -0.1) is 10.2 Å². The first-order chi connectivity index (χ1) is 12.1. The molecule has 1 aliphatic heterocycles. The van der Waals surface area contributed by atoms with Gasteiger partial charge in [0.1, 0.15) is 11.6 Å². The van der Waals surface area contributed by atoms with E-state index in [4.69, 9.17) is 0 Å². The zero-order chi connectivity index (χ0) is 17.4. The number of nitrogens with zero attached hydrogens (tertiary/aromatic N) is 5. The highest BCUT2D eigenvalue weighted by Gasteiger charge is 2.36. The molecule has 4 rings (SSSR count). The zero-order valence-electron chi connectivity index (χ0n) is 14.3. The molecule has 133 valence electrons. The highest BCUT2D eigenvalue weighted by atomic mass is 19.1. The molecule has 25 heavy (non-hydrogen) atoms. The number of aromatic nitrogens is 4. The zero-order valence-corrected chi connectivity index (χ0v) is 14.3. The number of rotatable bonds is 3. The van der Waals surface area contributed by atoms with Crippen LogP contribution in [0.1, 0.15) is 61.9 Å². The third kappa shape index (κ3) is 3.29. The van der Waals surface area contributed by atoms with Crippen molar-refractivity contribution in [2.75, 3.05) is 6.54 Å². The Bertz CT molecular complexity index is 739. The summed E-state index contributed by atoms with van der Waals surface area (Å²) in [5.41, 5.74) is 0.489. The first-order valence-electron chi connectivity index (χ1n) is 8.92. The average Bonchev–Trinajstić information content (AvgIpc) is 3.26. The average molecular weight is 346 g/mol. The lowest BCUT2D eigenvalue weighted by Crippen LogP contribution is -2.31. The van der Waals surface area contributed by atoms with E-state index in [2.05, 4.69) is 20.3 Å². The van der Waals surface area contributed by atoms with Crippen LogP contribution in [0.3, 0.4) is 0 Å². The molecule has 0 spiro atoms. The van der Waals surface area contributed by atoms with Crippen molar-refractivity contribution in [1.29, 1.82) is 0 Å². The summed E-state index contributed by atoms with van der Waals surface area (Å²) in [7, 11) is 1.78. The van der Waals surface area contributed by atoms with Crippen molar-refractivity contribution < 1.29 is 8.78 Å². The van der Waals surface area contributed by atoms with Gasteiger partial charge in [0.2, 0.25) is 0 Å². The quantitative estimate of drug-likeness (QED) is 0.853. The Kier molecular flexibility index (Phi) is 4.50. The largest absolute Gasteiger partial charge is 0.289 e. The molecule has 7 heteroatoms. The number of halogens is 2. The smallest absolute Gasteiger partial charge is 0.177 e. The molecule has 2 aromatic rings. The number of hydrogen-bond acceptors (Lipinski definition) is 4. The summed E-state index contributed by atoms with van der Waals surface area (Å²) < 4.78 is 27.8. The fourth-order valence-electron chi connectivity index (χ4n) is 4.20. The van der Waals surface area contributed by atoms with E-state index in [1.807, 2.05) is 0 Å². The van der Waals surface area contributed by atoms with Gasteiger partial charge in [0, 0.05) is 23.6 Å². The molecule has 5 nitrogen and oxygen atoms in total. The molecule has 1 aromatic carbocycles. The van der Waals surface area contributed by atoms with Crippen LogP contribution in [0.4, 0.5) is 8.78 Å². The van der Waals surface area contributed by atoms with Gasteiger partial charge >= 0.3 is 0 Å². The number of aryl methyl sites for hydroxylation is 1. The van der Waals surface area contributed by atoms with Gasteiger partial charge < -0.3 is 0 Å². The summed E-state index contributed by atoms with van der Waals surface area (Å²) in [6, 6.07) is 5.09. The standard InChI is InChI=1S/C18H22F2N5/c1-24-22-18(21-23-24)12-4-7-14(8-5-12)25-10-2-3-17(25)15-11-13(19)6-9-16(15)20/h6,9,11-12,17H,2-5,7-8,10H2,1H3/t17-/m1/s1. The molecule has 1 radical (unpaired) electrons. The first kappa shape index (κ1) is 16.6. The molecule has 2 fully saturated rings. The molecular formula is C18H22F2N5. The van der Waals surface area contributed by atoms with Crippen molar-refractivity contribution >= 4 is 0 Å². The summed E-state index contributed by atoms with van der Waals surface area (Å²) >= 11 is 0. The van der Waals surface area contributed by atoms with Crippen LogP contribution in [0.15, 0.2) is 18.2 Å². The Morgan fingerprint density at radius 2 is 1.92 bits per heavy atom. The summed E-state index contributed by atoms with van der Waals surface area (Å²) in [5.74, 6) is 0.474. The third-order valence-corrected chi connectivity index (χ3v) is 5.43. The summed E-state index contributed by atoms with van der Waals surface area (Å²) in [6.07, 6.45) is 5.76. The van der Waals surface area contributed by atoms with Crippen LogP contribution in [-0.4, -0.2) is 31.7 Å². The molecule has 1 aliphatic carbocycles. The van der Waals surface area contributed by atoms with Gasteiger partial charge in [0.15, 0.2) is 5.82 Å². The maximum Gasteiger partial charge on any atom is 0.177 e. The number of likely N-dealkylation sites (tertiary alicyclic amines) is 1. The molecule has 1 saturated carbocycles. The molecule has 0 bridgehead atoms. The minimum atomic E-state index is -0.370. The highest BCUT2D eigenvalue weighted by Crippen LogP contribution is 2.44. The predicted molar refractivity (Wildman–Crippen MR) is 88.3 cm³/mol. The van der Waals surface area contributed by atoms with Crippen LogP contribution in [0.2, 0.25) is 0 Å². The molecule has 2 aliphatic rings. The normalized spacial score (nSPS) is 23.4. The minimum absolute atomic E-state index is 0.0445. The molecule has 1 atom stereocenters. The van der Waals surface area contributed by atoms with Crippen LogP contribution in [0, 0.1) is 17.7 Å². The second kappa shape index (κ2) is 6.78. The molecule has 0 N–H and O–H groups in total. The molecule has 1 aromatic heterocycles. The second-order valence-corrected chi connectivity index (χ2v) is 6.99. The molecule has 0 unspecified atom stereocenters. The van der Waals surface area contributed by atoms with Crippen LogP contribution in [-0.2, 0) is 7.05 Å². The highest BCUT2D eigenvalue weighted by molar-refractivity contribution is 5.24. The Balaban J connectivity index is 1.46. The lowest BCUT2D eigenvalue weighted by atomic mass is 9.84. The van der Waals surface area contributed by atoms with Crippen molar-refractivity contribution in [2.45, 2.75) is 50.5 Å². The first-order valence-corrected chi connectivity index (χ1v) is 8.92. The lowest BCUT2D eigenvalue weighted by molar-refractivity contribution is 0.211. The van der Waals surface area contributed by atoms with E-state index >= 15 is 0 Å². The Morgan fingerprint density at radius 1 is 1.12 bits per heavy atom. The van der Waals surface area contributed by atoms with E-state index in [0.717, 1.165) is 50.9 Å². The van der Waals surface area contributed by atoms with E-state index in [9.17, 15) is 8.78 Å². The Hall–Kier alpha value is -1.89. The topological polar surface area (TPSA) is 46.8 Å². The third-order valence-electron chi connectivity index (χ3n) is 5.43. The van der Waals surface area contributed by atoms with Crippen molar-refractivity contribution in [3.8, 4) is 0 Å². The lowest BCUT2D eigenvalue weighted by Gasteiger charge is -2.36. The van der Waals surface area contributed by atoms with Gasteiger partial charge in [-0.3, -0.25) is 4.90 Å². The minimum Gasteiger partial charge on any atom is -0.289 e. The Labute approximate surface area is 146 Å². The van der Waals surface area contributed by atoms with Crippen LogP contribution < -0.4 is 0 Å². The summed E-state index contributed by atoms with van der Waals surface area (Å²) in [6.45, 7) is 0.921. The maximum atomic E-state index is 14.2. The molecular weight excluding hydrogens is 324 g/mol. The molecule has 0 amide bonds. The van der Waals surface area contributed by atoms with Crippen molar-refractivity contribution in [3.05, 3.63) is 47.3 Å². The van der Waals surface area contributed by atoms with E-state index < -0.39 is 0 Å². The van der Waals surface area contributed by atoms with Crippen molar-refractivity contribution in [2.24, 2.45) is 7.05 Å². The van der Waals surface area contributed by atoms with Gasteiger partial charge in [0.25, 0.3) is 0 Å². The van der Waals surface area contributed by atoms with Crippen LogP contribution in [0.25, 0.3) is 0 Å². The van der Waals surface area contributed by atoms with E-state index in [1.165, 1.54) is 29.0 Å². The number of benzene rings is 1. The van der Waals surface area contributed by atoms with Gasteiger partial charge in [0.05, 0.1) is 7.05 Å². The summed E-state index contributed by atoms with van der Waals surface area (Å²) in [4.78, 5) is 3.80. The van der Waals surface area contributed by atoms with Gasteiger partial charge in [-0.05, 0) is 68.5 Å². The monoisotopic (exact) mass is 346 g/mol. The van der Waals surface area contributed by atoms with E-state index in [0.29, 0.717) is 11.5 Å². The fraction of sp³-hybridized carbons (Fsp3) is 0.556. The molecule has 1 saturated heterocycles. The van der Waals surface area contributed by atoms with Gasteiger partial charge in [-0.2, -0.15) is 4.80 Å². The molecule has 2 heterocycles. The van der Waals surface area contributed by atoms with Crippen molar-refractivity contribution in [1.82, 2.24) is 25.1 Å². The van der Waals surface area contributed by atoms with E-state index in [-0.39, 0.29) is 17.7 Å². The predicted octanol–water partition coefficient (Wildman–Crippen LogP) is 3.51. The SMILES string of the molecule is Cn1nnc(C2CC[C](N3CCC[C@@H]3c3cc(F)ccc3F)CC2)n1. The van der Waals surface area contributed by atoms with E-state index in [1.54, 1.807) is 7.05 Å². The van der Waals surface area contributed by atoms with Crippen molar-refractivity contribution in [3.63, 3.8) is 0 Å². The van der Waals surface area contributed by atoms with Gasteiger partial charge in [-0.1, -0.05) is 0 Å². The van der Waals surface area contributed by atoms with Crippen LogP contribution >= 0.6 is 0 Å². The second-order valence-electron chi connectivity index (χ2n) is 6.99. The fourth-order valence-corrected chi connectivity index (χ4v) is 4.20. The number of hydrogen-bond donors (Lipinski definition) is 0. The van der Waals surface area contributed by atoms with Crippen LogP contribution in [0.5, 0.6) is 0 Å². The maximum absolute atomic E-state index is 14.2. The summed E-state index contributed by atoms with van der Waals surface area (Å²) in [5, 5.41) is 12.4. The Morgan fingerprint density at radius 3 is 2.64 bits per heavy atom.